The fourth-order valence-corrected chi connectivity index (χ4v) is 2.18. The summed E-state index contributed by atoms with van der Waals surface area (Å²) in [5.74, 6) is -1.38. The van der Waals surface area contributed by atoms with Gasteiger partial charge in [-0.05, 0) is 49.4 Å². The van der Waals surface area contributed by atoms with E-state index >= 15 is 0 Å². The summed E-state index contributed by atoms with van der Waals surface area (Å²) in [5, 5.41) is 2.32. The number of amides is 2. The highest BCUT2D eigenvalue weighted by Crippen LogP contribution is 2.17. The number of alkyl halides is 2. The van der Waals surface area contributed by atoms with E-state index in [1.165, 1.54) is 55.5 Å². The average molecular weight is 378 g/mol. The van der Waals surface area contributed by atoms with Gasteiger partial charge in [-0.1, -0.05) is 6.07 Å². The van der Waals surface area contributed by atoms with Crippen LogP contribution in [-0.2, 0) is 4.74 Å². The first kappa shape index (κ1) is 19.8. The number of ether oxygens (including phenoxy) is 2. The Labute approximate surface area is 153 Å². The van der Waals surface area contributed by atoms with Crippen molar-refractivity contribution >= 4 is 23.5 Å². The number of esters is 1. The van der Waals surface area contributed by atoms with E-state index in [9.17, 15) is 23.2 Å². The van der Waals surface area contributed by atoms with Crippen LogP contribution in [0.4, 0.5) is 19.3 Å². The Balaban J connectivity index is 2.03. The maximum absolute atomic E-state index is 12.3. The van der Waals surface area contributed by atoms with Crippen LogP contribution in [0.15, 0.2) is 48.5 Å². The Morgan fingerprint density at radius 2 is 1.70 bits per heavy atom. The molecule has 0 saturated heterocycles. The number of halogens is 2. The van der Waals surface area contributed by atoms with E-state index in [4.69, 9.17) is 10.5 Å². The molecule has 0 aromatic heterocycles. The molecule has 0 aliphatic rings. The highest BCUT2D eigenvalue weighted by molar-refractivity contribution is 6.01. The lowest BCUT2D eigenvalue weighted by atomic mass is 10.1. The van der Waals surface area contributed by atoms with Gasteiger partial charge in [-0.3, -0.25) is 4.79 Å². The number of carbonyl (C=O) groups excluding carboxylic acids is 3. The van der Waals surface area contributed by atoms with Gasteiger partial charge in [-0.25, -0.2) is 9.59 Å². The number of Topliss-reactive ketones (excluding diaryl/α,β-unsaturated/α-hetero) is 1. The van der Waals surface area contributed by atoms with Gasteiger partial charge in [-0.2, -0.15) is 8.78 Å². The van der Waals surface area contributed by atoms with Crippen molar-refractivity contribution in [1.82, 2.24) is 0 Å². The number of urea groups is 1. The molecule has 2 aromatic carbocycles. The van der Waals surface area contributed by atoms with Crippen LogP contribution in [0.25, 0.3) is 0 Å². The van der Waals surface area contributed by atoms with E-state index in [-0.39, 0.29) is 16.9 Å². The third kappa shape index (κ3) is 5.77. The molecular formula is C18H16F2N2O5. The summed E-state index contributed by atoms with van der Waals surface area (Å²) >= 11 is 0. The van der Waals surface area contributed by atoms with Crippen molar-refractivity contribution in [3.05, 3.63) is 59.7 Å². The highest BCUT2D eigenvalue weighted by Gasteiger charge is 2.21. The first-order chi connectivity index (χ1) is 12.8. The van der Waals surface area contributed by atoms with Gasteiger partial charge in [0.2, 0.25) is 5.78 Å². The third-order valence-electron chi connectivity index (χ3n) is 3.38. The van der Waals surface area contributed by atoms with Crippen molar-refractivity contribution in [3.63, 3.8) is 0 Å². The molecule has 2 aromatic rings. The van der Waals surface area contributed by atoms with Gasteiger partial charge in [0.1, 0.15) is 5.75 Å². The number of hydrogen-bond donors (Lipinski definition) is 2. The lowest BCUT2D eigenvalue weighted by Crippen LogP contribution is -2.24. The third-order valence-corrected chi connectivity index (χ3v) is 3.38. The molecule has 2 rings (SSSR count). The summed E-state index contributed by atoms with van der Waals surface area (Å²) in [6.45, 7) is -1.58. The fraction of sp³-hybridized carbons (Fsp3) is 0.167. The van der Waals surface area contributed by atoms with E-state index in [0.29, 0.717) is 5.69 Å². The first-order valence-corrected chi connectivity index (χ1v) is 7.73. The van der Waals surface area contributed by atoms with Crippen molar-refractivity contribution in [2.75, 3.05) is 5.32 Å². The quantitative estimate of drug-likeness (QED) is 0.568. The van der Waals surface area contributed by atoms with Gasteiger partial charge in [0.15, 0.2) is 6.10 Å². The van der Waals surface area contributed by atoms with Crippen molar-refractivity contribution in [2.45, 2.75) is 19.6 Å². The van der Waals surface area contributed by atoms with Crippen LogP contribution in [0, 0.1) is 0 Å². The molecule has 0 fully saturated rings. The van der Waals surface area contributed by atoms with Crippen LogP contribution >= 0.6 is 0 Å². The van der Waals surface area contributed by atoms with Gasteiger partial charge in [0.25, 0.3) is 0 Å². The summed E-state index contributed by atoms with van der Waals surface area (Å²) in [4.78, 5) is 35.4. The fourth-order valence-electron chi connectivity index (χ4n) is 2.18. The Morgan fingerprint density at radius 3 is 2.30 bits per heavy atom. The number of ketones is 1. The zero-order valence-electron chi connectivity index (χ0n) is 14.1. The molecule has 0 radical (unpaired) electrons. The molecule has 0 unspecified atom stereocenters. The zero-order valence-corrected chi connectivity index (χ0v) is 14.1. The lowest BCUT2D eigenvalue weighted by molar-refractivity contribution is -0.0498. The average Bonchev–Trinajstić information content (AvgIpc) is 2.61. The molecule has 7 nitrogen and oxygen atoms in total. The number of nitrogens with one attached hydrogen (secondary N) is 1. The maximum Gasteiger partial charge on any atom is 0.387 e. The van der Waals surface area contributed by atoms with Gasteiger partial charge in [0, 0.05) is 11.3 Å². The van der Waals surface area contributed by atoms with E-state index < -0.39 is 30.5 Å². The van der Waals surface area contributed by atoms with E-state index in [0.717, 1.165) is 0 Å². The van der Waals surface area contributed by atoms with Crippen LogP contribution < -0.4 is 15.8 Å². The molecule has 0 saturated carbocycles. The van der Waals surface area contributed by atoms with Crippen LogP contribution in [0.5, 0.6) is 5.75 Å². The Hall–Kier alpha value is -3.49. The number of carbonyl (C=O) groups is 3. The van der Waals surface area contributed by atoms with Crippen molar-refractivity contribution in [2.24, 2.45) is 5.73 Å². The van der Waals surface area contributed by atoms with Crippen LogP contribution in [0.2, 0.25) is 0 Å². The normalized spacial score (nSPS) is 11.6. The Morgan fingerprint density at radius 1 is 1.04 bits per heavy atom. The maximum atomic E-state index is 12.3. The second-order valence-electron chi connectivity index (χ2n) is 5.38. The monoisotopic (exact) mass is 378 g/mol. The van der Waals surface area contributed by atoms with Crippen LogP contribution in [-0.4, -0.2) is 30.5 Å². The highest BCUT2D eigenvalue weighted by atomic mass is 19.3. The summed E-state index contributed by atoms with van der Waals surface area (Å²) in [6.07, 6.45) is -1.12. The minimum Gasteiger partial charge on any atom is -0.451 e. The number of anilines is 1. The Bertz CT molecular complexity index is 840. The minimum atomic E-state index is -2.97. The molecule has 2 amide bonds. The molecule has 27 heavy (non-hydrogen) atoms. The summed E-state index contributed by atoms with van der Waals surface area (Å²) in [5.41, 5.74) is 5.59. The number of hydrogen-bond acceptors (Lipinski definition) is 5. The minimum absolute atomic E-state index is 0.0926. The lowest BCUT2D eigenvalue weighted by Gasteiger charge is -2.13. The number of rotatable bonds is 7. The Kier molecular flexibility index (Phi) is 6.42. The predicted molar refractivity (Wildman–Crippen MR) is 91.9 cm³/mol. The van der Waals surface area contributed by atoms with Gasteiger partial charge in [-0.15, -0.1) is 0 Å². The zero-order chi connectivity index (χ0) is 20.0. The van der Waals surface area contributed by atoms with E-state index in [2.05, 4.69) is 10.1 Å². The molecular weight excluding hydrogens is 362 g/mol. The molecule has 3 N–H and O–H groups in total. The second kappa shape index (κ2) is 8.75. The van der Waals surface area contributed by atoms with E-state index in [1.54, 1.807) is 0 Å². The molecule has 0 heterocycles. The van der Waals surface area contributed by atoms with Crippen LogP contribution in [0.1, 0.15) is 27.6 Å². The standard InChI is InChI=1S/C18H16F2N2O5/c1-10(15(23)11-5-7-14(8-6-11)27-17(19)20)26-16(24)12-3-2-4-13(9-12)22-18(21)25/h2-10,17H,1H3,(H3,21,22,25)/t10-/m0/s1. The number of benzene rings is 2. The van der Waals surface area contributed by atoms with Crippen molar-refractivity contribution in [3.8, 4) is 5.75 Å². The smallest absolute Gasteiger partial charge is 0.387 e. The topological polar surface area (TPSA) is 108 Å². The van der Waals surface area contributed by atoms with Gasteiger partial charge >= 0.3 is 18.6 Å². The SMILES string of the molecule is C[C@H](OC(=O)c1cccc(NC(N)=O)c1)C(=O)c1ccc(OC(F)F)cc1. The largest absolute Gasteiger partial charge is 0.451 e. The summed E-state index contributed by atoms with van der Waals surface area (Å²) < 4.78 is 33.6. The number of primary amides is 1. The number of nitrogens with two attached hydrogens (primary N) is 1. The van der Waals surface area contributed by atoms with Gasteiger partial charge < -0.3 is 20.5 Å². The molecule has 142 valence electrons. The molecule has 0 aliphatic carbocycles. The first-order valence-electron chi connectivity index (χ1n) is 7.73. The molecule has 1 atom stereocenters. The molecule has 0 bridgehead atoms. The second-order valence-corrected chi connectivity index (χ2v) is 5.38. The summed E-state index contributed by atoms with van der Waals surface area (Å²) in [6, 6.07) is 10.1. The summed E-state index contributed by atoms with van der Waals surface area (Å²) in [7, 11) is 0. The van der Waals surface area contributed by atoms with E-state index in [1.807, 2.05) is 0 Å². The van der Waals surface area contributed by atoms with Crippen LogP contribution in [0.3, 0.4) is 0 Å². The van der Waals surface area contributed by atoms with Crippen molar-refractivity contribution in [1.29, 1.82) is 0 Å². The predicted octanol–water partition coefficient (Wildman–Crippen LogP) is 3.21. The molecule has 0 spiro atoms. The van der Waals surface area contributed by atoms with Gasteiger partial charge in [0.05, 0.1) is 5.56 Å². The molecule has 0 aliphatic heterocycles. The molecule has 9 heteroatoms. The van der Waals surface area contributed by atoms with Crippen molar-refractivity contribution < 1.29 is 32.6 Å².